The zero-order valence-electron chi connectivity index (χ0n) is 6.85. The van der Waals surface area contributed by atoms with E-state index in [4.69, 9.17) is 5.73 Å². The molecule has 1 aromatic rings. The second-order valence-corrected chi connectivity index (χ2v) is 3.63. The van der Waals surface area contributed by atoms with E-state index in [9.17, 15) is 4.39 Å². The zero-order chi connectivity index (χ0) is 9.14. The van der Waals surface area contributed by atoms with Crippen LogP contribution in [-0.4, -0.2) is 0 Å². The van der Waals surface area contributed by atoms with Crippen LogP contribution in [0.3, 0.4) is 0 Å². The van der Waals surface area contributed by atoms with Crippen molar-refractivity contribution in [3.05, 3.63) is 34.1 Å². The van der Waals surface area contributed by atoms with Gasteiger partial charge in [0.2, 0.25) is 0 Å². The molecule has 0 radical (unpaired) electrons. The number of hydrogen-bond donors (Lipinski definition) is 1. The Balaban J connectivity index is 3.00. The van der Waals surface area contributed by atoms with E-state index < -0.39 is 0 Å². The molecule has 0 saturated carbocycles. The molecule has 0 heterocycles. The van der Waals surface area contributed by atoms with Gasteiger partial charge in [-0.05, 0) is 30.2 Å². The Morgan fingerprint density at radius 3 is 2.67 bits per heavy atom. The van der Waals surface area contributed by atoms with Crippen LogP contribution >= 0.6 is 15.9 Å². The van der Waals surface area contributed by atoms with E-state index in [0.29, 0.717) is 0 Å². The van der Waals surface area contributed by atoms with Gasteiger partial charge in [-0.15, -0.1) is 0 Å². The van der Waals surface area contributed by atoms with Gasteiger partial charge in [0, 0.05) is 10.5 Å². The van der Waals surface area contributed by atoms with Crippen molar-refractivity contribution in [3.8, 4) is 0 Å². The highest BCUT2D eigenvalue weighted by atomic mass is 79.9. The topological polar surface area (TPSA) is 26.0 Å². The number of rotatable bonds is 2. The summed E-state index contributed by atoms with van der Waals surface area (Å²) in [5.41, 5.74) is 6.58. The van der Waals surface area contributed by atoms with Crippen molar-refractivity contribution < 1.29 is 4.39 Å². The van der Waals surface area contributed by atoms with Crippen molar-refractivity contribution in [1.29, 1.82) is 0 Å². The van der Waals surface area contributed by atoms with Crippen LogP contribution in [0.4, 0.5) is 4.39 Å². The molecule has 0 aromatic heterocycles. The third-order valence-corrected chi connectivity index (χ3v) is 2.21. The van der Waals surface area contributed by atoms with E-state index in [-0.39, 0.29) is 11.9 Å². The number of hydrogen-bond acceptors (Lipinski definition) is 1. The second kappa shape index (κ2) is 4.01. The first-order chi connectivity index (χ1) is 5.63. The molecule has 0 spiro atoms. The van der Waals surface area contributed by atoms with E-state index in [2.05, 4.69) is 15.9 Å². The van der Waals surface area contributed by atoms with E-state index in [1.54, 1.807) is 0 Å². The lowest BCUT2D eigenvalue weighted by Gasteiger charge is -2.09. The van der Waals surface area contributed by atoms with Crippen LogP contribution in [0.2, 0.25) is 0 Å². The lowest BCUT2D eigenvalue weighted by molar-refractivity contribution is 0.615. The average Bonchev–Trinajstić information content (AvgIpc) is 2.01. The Morgan fingerprint density at radius 2 is 2.17 bits per heavy atom. The molecule has 0 saturated heterocycles. The molecule has 2 N–H and O–H groups in total. The summed E-state index contributed by atoms with van der Waals surface area (Å²) >= 11 is 3.21. The summed E-state index contributed by atoms with van der Waals surface area (Å²) in [4.78, 5) is 0. The normalized spacial score (nSPS) is 13.0. The Bertz CT molecular complexity index is 255. The molecule has 0 aliphatic heterocycles. The molecule has 1 atom stereocenters. The van der Waals surface area contributed by atoms with Gasteiger partial charge >= 0.3 is 0 Å². The summed E-state index contributed by atoms with van der Waals surface area (Å²) in [5.74, 6) is -0.247. The van der Waals surface area contributed by atoms with E-state index >= 15 is 0 Å². The number of benzene rings is 1. The summed E-state index contributed by atoms with van der Waals surface area (Å²) in [6.07, 6.45) is 0.815. The standard InChI is InChI=1S/C9H11BrFN/c1-2-9(12)6-3-7(10)5-8(11)4-6/h3-5,9H,2,12H2,1H3. The van der Waals surface area contributed by atoms with Crippen molar-refractivity contribution in [3.63, 3.8) is 0 Å². The molecule has 1 aromatic carbocycles. The number of halogens is 2. The molecule has 0 bridgehead atoms. The first kappa shape index (κ1) is 9.68. The lowest BCUT2D eigenvalue weighted by atomic mass is 10.1. The molecular formula is C9H11BrFN. The van der Waals surface area contributed by atoms with Crippen LogP contribution in [0.1, 0.15) is 24.9 Å². The fourth-order valence-corrected chi connectivity index (χ4v) is 1.51. The molecule has 0 amide bonds. The van der Waals surface area contributed by atoms with Crippen molar-refractivity contribution in [2.75, 3.05) is 0 Å². The molecule has 1 nitrogen and oxygen atoms in total. The first-order valence-corrected chi connectivity index (χ1v) is 4.64. The zero-order valence-corrected chi connectivity index (χ0v) is 8.44. The van der Waals surface area contributed by atoms with Gasteiger partial charge in [0.1, 0.15) is 5.82 Å². The largest absolute Gasteiger partial charge is 0.324 e. The minimum atomic E-state index is -0.247. The van der Waals surface area contributed by atoms with Gasteiger partial charge in [-0.1, -0.05) is 22.9 Å². The predicted octanol–water partition coefficient (Wildman–Crippen LogP) is 3.00. The minimum absolute atomic E-state index is 0.0722. The highest BCUT2D eigenvalue weighted by Gasteiger charge is 2.05. The lowest BCUT2D eigenvalue weighted by Crippen LogP contribution is -2.08. The van der Waals surface area contributed by atoms with Crippen LogP contribution in [0.15, 0.2) is 22.7 Å². The maximum Gasteiger partial charge on any atom is 0.124 e. The molecule has 1 rings (SSSR count). The van der Waals surface area contributed by atoms with Gasteiger partial charge in [-0.3, -0.25) is 0 Å². The van der Waals surface area contributed by atoms with Crippen LogP contribution in [0.5, 0.6) is 0 Å². The van der Waals surface area contributed by atoms with Crippen LogP contribution < -0.4 is 5.73 Å². The van der Waals surface area contributed by atoms with Crippen LogP contribution in [0.25, 0.3) is 0 Å². The molecule has 0 fully saturated rings. The van der Waals surface area contributed by atoms with Gasteiger partial charge in [0.15, 0.2) is 0 Å². The summed E-state index contributed by atoms with van der Waals surface area (Å²) < 4.78 is 13.6. The van der Waals surface area contributed by atoms with E-state index in [1.165, 1.54) is 12.1 Å². The number of nitrogens with two attached hydrogens (primary N) is 1. The molecule has 1 unspecified atom stereocenters. The summed E-state index contributed by atoms with van der Waals surface area (Å²) in [7, 11) is 0. The average molecular weight is 232 g/mol. The first-order valence-electron chi connectivity index (χ1n) is 3.85. The molecular weight excluding hydrogens is 221 g/mol. The van der Waals surface area contributed by atoms with E-state index in [1.807, 2.05) is 13.0 Å². The summed E-state index contributed by atoms with van der Waals surface area (Å²) in [6, 6.07) is 4.67. The van der Waals surface area contributed by atoms with Gasteiger partial charge in [-0.25, -0.2) is 4.39 Å². The van der Waals surface area contributed by atoms with Gasteiger partial charge in [0.05, 0.1) is 0 Å². The quantitative estimate of drug-likeness (QED) is 0.833. The Kier molecular flexibility index (Phi) is 3.23. The SMILES string of the molecule is CCC(N)c1cc(F)cc(Br)c1. The summed E-state index contributed by atoms with van der Waals surface area (Å²) in [6.45, 7) is 1.98. The third-order valence-electron chi connectivity index (χ3n) is 1.75. The molecule has 66 valence electrons. The monoisotopic (exact) mass is 231 g/mol. The fraction of sp³-hybridized carbons (Fsp3) is 0.333. The van der Waals surface area contributed by atoms with Crippen molar-refractivity contribution in [2.24, 2.45) is 5.73 Å². The maximum atomic E-state index is 12.8. The van der Waals surface area contributed by atoms with Gasteiger partial charge in [-0.2, -0.15) is 0 Å². The van der Waals surface area contributed by atoms with Crippen molar-refractivity contribution in [2.45, 2.75) is 19.4 Å². The van der Waals surface area contributed by atoms with Crippen molar-refractivity contribution in [1.82, 2.24) is 0 Å². The predicted molar refractivity (Wildman–Crippen MR) is 51.3 cm³/mol. The molecule has 3 heteroatoms. The highest BCUT2D eigenvalue weighted by Crippen LogP contribution is 2.20. The fourth-order valence-electron chi connectivity index (χ4n) is 1.02. The van der Waals surface area contributed by atoms with Gasteiger partial charge < -0.3 is 5.73 Å². The van der Waals surface area contributed by atoms with E-state index in [0.717, 1.165) is 16.5 Å². The third kappa shape index (κ3) is 2.29. The molecule has 0 aliphatic carbocycles. The molecule has 0 aliphatic rings. The Morgan fingerprint density at radius 1 is 1.50 bits per heavy atom. The Hall–Kier alpha value is -0.410. The second-order valence-electron chi connectivity index (χ2n) is 2.72. The van der Waals surface area contributed by atoms with Crippen LogP contribution in [-0.2, 0) is 0 Å². The smallest absolute Gasteiger partial charge is 0.124 e. The maximum absolute atomic E-state index is 12.8. The minimum Gasteiger partial charge on any atom is -0.324 e. The van der Waals surface area contributed by atoms with Crippen molar-refractivity contribution >= 4 is 15.9 Å². The highest BCUT2D eigenvalue weighted by molar-refractivity contribution is 9.10. The Labute approximate surface area is 79.9 Å². The van der Waals surface area contributed by atoms with Crippen LogP contribution in [0, 0.1) is 5.82 Å². The summed E-state index contributed by atoms with van der Waals surface area (Å²) in [5, 5.41) is 0. The molecule has 12 heavy (non-hydrogen) atoms. The van der Waals surface area contributed by atoms with Gasteiger partial charge in [0.25, 0.3) is 0 Å².